The van der Waals surface area contributed by atoms with Crippen LogP contribution in [-0.2, 0) is 6.54 Å². The number of nitrogens with two attached hydrogens (primary N) is 1. The van der Waals surface area contributed by atoms with Gasteiger partial charge in [0, 0.05) is 5.56 Å². The second-order valence-corrected chi connectivity index (χ2v) is 7.76. The molecule has 0 spiro atoms. The van der Waals surface area contributed by atoms with Crippen LogP contribution in [0, 0.1) is 31.6 Å². The van der Waals surface area contributed by atoms with Crippen LogP contribution in [-0.4, -0.2) is 35.4 Å². The molecule has 146 valence electrons. The minimum absolute atomic E-state index is 0.274. The van der Waals surface area contributed by atoms with Crippen molar-refractivity contribution in [2.75, 3.05) is 5.73 Å². The van der Waals surface area contributed by atoms with Gasteiger partial charge in [-0.1, -0.05) is 24.4 Å². The van der Waals surface area contributed by atoms with E-state index in [1.807, 2.05) is 18.4 Å². The van der Waals surface area contributed by atoms with Crippen molar-refractivity contribution in [3.8, 4) is 11.8 Å². The molecule has 3 heterocycles. The van der Waals surface area contributed by atoms with E-state index in [9.17, 15) is 5.11 Å². The highest BCUT2D eigenvalue weighted by Gasteiger charge is 2.30. The first-order valence-corrected chi connectivity index (χ1v) is 9.50. The molecule has 0 aliphatic heterocycles. The molecule has 1 aliphatic carbocycles. The van der Waals surface area contributed by atoms with Crippen molar-refractivity contribution in [3.05, 3.63) is 29.2 Å². The minimum atomic E-state index is -0.984. The van der Waals surface area contributed by atoms with E-state index in [-0.39, 0.29) is 11.6 Å². The van der Waals surface area contributed by atoms with E-state index < -0.39 is 5.60 Å². The Kier molecular flexibility index (Phi) is 4.55. The molecule has 0 saturated heterocycles. The number of aromatic nitrogens is 5. The zero-order valence-corrected chi connectivity index (χ0v) is 16.4. The van der Waals surface area contributed by atoms with Gasteiger partial charge < -0.3 is 19.9 Å². The average molecular weight is 380 g/mol. The summed E-state index contributed by atoms with van der Waals surface area (Å²) in [6, 6.07) is 0. The first-order chi connectivity index (χ1) is 13.3. The molecule has 3 aromatic rings. The van der Waals surface area contributed by atoms with Crippen LogP contribution >= 0.6 is 0 Å². The summed E-state index contributed by atoms with van der Waals surface area (Å²) in [6.45, 7) is 6.43. The zero-order chi connectivity index (χ0) is 19.9. The summed E-state index contributed by atoms with van der Waals surface area (Å²) in [6.07, 6.45) is 5.11. The van der Waals surface area contributed by atoms with E-state index in [2.05, 4.69) is 38.9 Å². The highest BCUT2D eigenvalue weighted by molar-refractivity contribution is 5.82. The van der Waals surface area contributed by atoms with Crippen LogP contribution in [0.5, 0.6) is 0 Å². The van der Waals surface area contributed by atoms with Gasteiger partial charge in [0.1, 0.15) is 16.9 Å². The molecule has 0 unspecified atom stereocenters. The summed E-state index contributed by atoms with van der Waals surface area (Å²) in [7, 11) is 0. The second kappa shape index (κ2) is 6.91. The number of imidazole rings is 1. The molecular weight excluding hydrogens is 356 g/mol. The van der Waals surface area contributed by atoms with Gasteiger partial charge in [-0.25, -0.2) is 15.0 Å². The number of anilines is 1. The molecule has 0 amide bonds. The lowest BCUT2D eigenvalue weighted by atomic mass is 9.79. The lowest BCUT2D eigenvalue weighted by molar-refractivity contribution is 0.0410. The van der Waals surface area contributed by atoms with E-state index in [0.717, 1.165) is 29.9 Å². The SMILES string of the molecule is Cc1noc(C)c1Cn1cnc2c(N)nc(C#C[C@]3(O)CCC[C@@H](C)C3)nc21. The fourth-order valence-corrected chi connectivity index (χ4v) is 3.84. The third kappa shape index (κ3) is 3.45. The van der Waals surface area contributed by atoms with Crippen molar-refractivity contribution in [1.82, 2.24) is 24.7 Å². The predicted octanol–water partition coefficient (Wildman–Crippen LogP) is 2.35. The number of nitrogen functional groups attached to an aromatic ring is 1. The highest BCUT2D eigenvalue weighted by atomic mass is 16.5. The smallest absolute Gasteiger partial charge is 0.209 e. The van der Waals surface area contributed by atoms with Gasteiger partial charge in [-0.3, -0.25) is 0 Å². The zero-order valence-electron chi connectivity index (χ0n) is 16.4. The van der Waals surface area contributed by atoms with Gasteiger partial charge >= 0.3 is 0 Å². The van der Waals surface area contributed by atoms with Crippen LogP contribution in [0.1, 0.15) is 55.4 Å². The van der Waals surface area contributed by atoms with E-state index in [1.165, 1.54) is 0 Å². The molecule has 3 aromatic heterocycles. The molecule has 4 rings (SSSR count). The van der Waals surface area contributed by atoms with Gasteiger partial charge in [0.15, 0.2) is 11.5 Å². The van der Waals surface area contributed by atoms with Crippen LogP contribution < -0.4 is 5.73 Å². The molecule has 1 fully saturated rings. The molecule has 8 heteroatoms. The molecule has 2 atom stereocenters. The van der Waals surface area contributed by atoms with Gasteiger partial charge in [-0.2, -0.15) is 0 Å². The number of aryl methyl sites for hydroxylation is 2. The highest BCUT2D eigenvalue weighted by Crippen LogP contribution is 2.31. The molecule has 1 aliphatic rings. The van der Waals surface area contributed by atoms with Crippen LogP contribution in [0.25, 0.3) is 11.2 Å². The van der Waals surface area contributed by atoms with E-state index in [1.54, 1.807) is 6.33 Å². The van der Waals surface area contributed by atoms with Crippen molar-refractivity contribution in [2.24, 2.45) is 5.92 Å². The molecular formula is C20H24N6O2. The fourth-order valence-electron chi connectivity index (χ4n) is 3.84. The van der Waals surface area contributed by atoms with Crippen LogP contribution in [0.2, 0.25) is 0 Å². The van der Waals surface area contributed by atoms with Crippen LogP contribution in [0.3, 0.4) is 0 Å². The number of fused-ring (bicyclic) bond motifs is 1. The van der Waals surface area contributed by atoms with Crippen molar-refractivity contribution in [2.45, 2.75) is 58.6 Å². The Hall–Kier alpha value is -2.92. The Morgan fingerprint density at radius 1 is 1.39 bits per heavy atom. The maximum Gasteiger partial charge on any atom is 0.209 e. The maximum atomic E-state index is 10.7. The Morgan fingerprint density at radius 2 is 2.21 bits per heavy atom. The Labute approximate surface area is 163 Å². The van der Waals surface area contributed by atoms with Crippen molar-refractivity contribution < 1.29 is 9.63 Å². The lowest BCUT2D eigenvalue weighted by Crippen LogP contribution is -2.32. The average Bonchev–Trinajstić information content (AvgIpc) is 3.19. The van der Waals surface area contributed by atoms with Gasteiger partial charge in [-0.15, -0.1) is 0 Å². The molecule has 0 bridgehead atoms. The van der Waals surface area contributed by atoms with Crippen molar-refractivity contribution in [3.63, 3.8) is 0 Å². The van der Waals surface area contributed by atoms with Gasteiger partial charge in [0.25, 0.3) is 0 Å². The number of rotatable bonds is 2. The maximum absolute atomic E-state index is 10.7. The number of hydrogen-bond donors (Lipinski definition) is 2. The fraction of sp³-hybridized carbons (Fsp3) is 0.500. The van der Waals surface area contributed by atoms with Crippen molar-refractivity contribution in [1.29, 1.82) is 0 Å². The summed E-state index contributed by atoms with van der Waals surface area (Å²) < 4.78 is 7.12. The van der Waals surface area contributed by atoms with E-state index in [4.69, 9.17) is 10.3 Å². The predicted molar refractivity (Wildman–Crippen MR) is 104 cm³/mol. The summed E-state index contributed by atoms with van der Waals surface area (Å²) in [5.74, 6) is 7.69. The van der Waals surface area contributed by atoms with Gasteiger partial charge in [0.2, 0.25) is 5.82 Å². The van der Waals surface area contributed by atoms with Gasteiger partial charge in [-0.05, 0) is 44.9 Å². The largest absolute Gasteiger partial charge is 0.382 e. The normalized spacial score (nSPS) is 22.2. The molecule has 1 saturated carbocycles. The lowest BCUT2D eigenvalue weighted by Gasteiger charge is -2.30. The Balaban J connectivity index is 1.69. The van der Waals surface area contributed by atoms with Crippen LogP contribution in [0.15, 0.2) is 10.9 Å². The summed E-state index contributed by atoms with van der Waals surface area (Å²) in [5.41, 5.74) is 8.03. The summed E-state index contributed by atoms with van der Waals surface area (Å²) in [4.78, 5) is 13.1. The number of aliphatic hydroxyl groups is 1. The van der Waals surface area contributed by atoms with Gasteiger partial charge in [0.05, 0.1) is 18.6 Å². The number of nitrogens with zero attached hydrogens (tertiary/aromatic N) is 5. The monoisotopic (exact) mass is 380 g/mol. The van der Waals surface area contributed by atoms with E-state index >= 15 is 0 Å². The third-order valence-corrected chi connectivity index (χ3v) is 5.38. The molecule has 0 aromatic carbocycles. The molecule has 8 nitrogen and oxygen atoms in total. The van der Waals surface area contributed by atoms with Crippen LogP contribution in [0.4, 0.5) is 5.82 Å². The molecule has 28 heavy (non-hydrogen) atoms. The second-order valence-electron chi connectivity index (χ2n) is 7.76. The first kappa shape index (κ1) is 18.4. The molecule has 3 N–H and O–H groups in total. The summed E-state index contributed by atoms with van der Waals surface area (Å²) >= 11 is 0. The first-order valence-electron chi connectivity index (χ1n) is 9.50. The van der Waals surface area contributed by atoms with Crippen molar-refractivity contribution >= 4 is 17.0 Å². The number of hydrogen-bond acceptors (Lipinski definition) is 7. The standard InChI is InChI=1S/C20H24N6O2/c1-12-5-4-7-20(27,9-12)8-6-16-23-18(21)17-19(24-16)26(11-22-17)10-15-13(2)25-28-14(15)3/h11-12,27H,4-5,7,9-10H2,1-3H3,(H2,21,23,24)/t12-,20-/m1/s1. The quantitative estimate of drug-likeness (QED) is 0.656. The molecule has 0 radical (unpaired) electrons. The summed E-state index contributed by atoms with van der Waals surface area (Å²) in [5, 5.41) is 14.7. The Bertz CT molecular complexity index is 1070. The minimum Gasteiger partial charge on any atom is -0.382 e. The van der Waals surface area contributed by atoms with E-state index in [0.29, 0.717) is 36.5 Å². The topological polar surface area (TPSA) is 116 Å². The Morgan fingerprint density at radius 3 is 2.93 bits per heavy atom. The third-order valence-electron chi connectivity index (χ3n) is 5.38.